The van der Waals surface area contributed by atoms with Crippen LogP contribution < -0.4 is 10.6 Å². The number of amides is 2. The third-order valence-corrected chi connectivity index (χ3v) is 12.1. The summed E-state index contributed by atoms with van der Waals surface area (Å²) in [6.07, 6.45) is -46.5. The number of aliphatic hydroxyl groups is 16. The van der Waals surface area contributed by atoms with Crippen molar-refractivity contribution < 1.29 is 144 Å². The molecule has 5 fully saturated rings. The quantitative estimate of drug-likeness (QED) is 0.0606. The van der Waals surface area contributed by atoms with E-state index in [4.69, 9.17) is 42.6 Å². The molecule has 2 amide bonds. The van der Waals surface area contributed by atoms with Crippen molar-refractivity contribution >= 4 is 17.8 Å². The lowest BCUT2D eigenvalue weighted by atomic mass is 9.88. The summed E-state index contributed by atoms with van der Waals surface area (Å²) in [5, 5.41) is 184. The number of ether oxygens (including phenoxy) is 9. The van der Waals surface area contributed by atoms with E-state index in [0.29, 0.717) is 0 Å². The lowest BCUT2D eigenvalue weighted by Gasteiger charge is -2.50. The number of aliphatic hydroxyl groups excluding tert-OH is 16. The van der Waals surface area contributed by atoms with Crippen LogP contribution in [0.2, 0.25) is 0 Å². The summed E-state index contributed by atoms with van der Waals surface area (Å²) >= 11 is 0. The molecule has 5 saturated heterocycles. The van der Waals surface area contributed by atoms with Gasteiger partial charge >= 0.3 is 5.97 Å². The monoisotopic (exact) mass is 998 g/mol. The Morgan fingerprint density at radius 2 is 1.10 bits per heavy atom. The molecular weight excluding hydrogens is 936 g/mol. The van der Waals surface area contributed by atoms with Gasteiger partial charge in [-0.15, -0.1) is 0 Å². The Morgan fingerprint density at radius 3 is 1.66 bits per heavy atom. The van der Waals surface area contributed by atoms with Crippen molar-refractivity contribution in [1.82, 2.24) is 10.6 Å². The lowest BCUT2D eigenvalue weighted by Crippen LogP contribution is -2.70. The summed E-state index contributed by atoms with van der Waals surface area (Å²) in [6, 6.07) is -3.40. The van der Waals surface area contributed by atoms with Gasteiger partial charge in [0, 0.05) is 20.3 Å². The molecule has 0 unspecified atom stereocenters. The van der Waals surface area contributed by atoms with Crippen molar-refractivity contribution in [1.29, 1.82) is 0 Å². The number of nitrogens with one attached hydrogen (secondary N) is 2. The van der Waals surface area contributed by atoms with Gasteiger partial charge in [0.15, 0.2) is 25.2 Å². The number of hydrogen-bond acceptors (Lipinski definition) is 28. The molecule has 5 aliphatic heterocycles. The van der Waals surface area contributed by atoms with Gasteiger partial charge in [-0.2, -0.15) is 0 Å². The summed E-state index contributed by atoms with van der Waals surface area (Å²) in [6.45, 7) is -3.16. The maximum atomic E-state index is 12.7. The number of rotatable bonds is 18. The third-order valence-electron chi connectivity index (χ3n) is 12.1. The van der Waals surface area contributed by atoms with Crippen LogP contribution in [0.15, 0.2) is 0 Å². The zero-order chi connectivity index (χ0) is 50.7. The van der Waals surface area contributed by atoms with Crippen molar-refractivity contribution in [3.8, 4) is 0 Å². The Morgan fingerprint density at radius 1 is 0.588 bits per heavy atom. The standard InChI is InChI=1S/C37H62N2O29/c1-9(44)38-17-11(46)3-37(36(58)59,68-30(17)19(48)12(47)4-40)60-8-16-20(49)23(52)26(55)34(64-16)66-29-18(39-10(2)45)33(62-13(5-41)21(29)50)67-31-22(51)14(6-42)63-35(27(31)56)65-28-15(7-43)61-32(57)25(54)24(28)53/h11-35,40-43,46-57H,3-8H2,1-2H3,(H,38,44)(H,39,45)(H,58,59)/t11-,12+,13+,14+,15+,16+,17+,18+,19+,20-,21+,22-,23-,24+,25+,26+,27+,28+,29+,30+,31-,32+,33-,34-,35-,37+/m0/s1. The van der Waals surface area contributed by atoms with Gasteiger partial charge in [0.05, 0.1) is 45.2 Å². The predicted molar refractivity (Wildman–Crippen MR) is 207 cm³/mol. The van der Waals surface area contributed by atoms with E-state index in [1.54, 1.807) is 0 Å². The predicted octanol–water partition coefficient (Wildman–Crippen LogP) is -12.4. The molecule has 31 nitrogen and oxygen atoms in total. The topological polar surface area (TPSA) is 502 Å². The second kappa shape index (κ2) is 23.8. The summed E-state index contributed by atoms with van der Waals surface area (Å²) in [5.41, 5.74) is 0. The van der Waals surface area contributed by atoms with Gasteiger partial charge in [-0.1, -0.05) is 0 Å². The van der Waals surface area contributed by atoms with Crippen LogP contribution in [-0.4, -0.2) is 297 Å². The van der Waals surface area contributed by atoms with E-state index in [0.717, 1.165) is 13.8 Å². The Bertz CT molecular complexity index is 1660. The van der Waals surface area contributed by atoms with E-state index in [2.05, 4.69) is 10.6 Å². The zero-order valence-corrected chi connectivity index (χ0v) is 36.2. The number of carbonyl (C=O) groups excluding carboxylic acids is 2. The first-order valence-corrected chi connectivity index (χ1v) is 21.2. The van der Waals surface area contributed by atoms with Crippen molar-refractivity contribution in [3.05, 3.63) is 0 Å². The van der Waals surface area contributed by atoms with E-state index in [9.17, 15) is 101 Å². The molecule has 0 bridgehead atoms. The molecule has 0 aromatic carbocycles. The highest BCUT2D eigenvalue weighted by molar-refractivity contribution is 5.76. The normalized spacial score (nSPS) is 46.6. The van der Waals surface area contributed by atoms with E-state index >= 15 is 0 Å². The summed E-state index contributed by atoms with van der Waals surface area (Å²) < 4.78 is 50.5. The largest absolute Gasteiger partial charge is 0.477 e. The van der Waals surface area contributed by atoms with Crippen LogP contribution in [-0.2, 0) is 57.0 Å². The van der Waals surface area contributed by atoms with Crippen LogP contribution in [0.3, 0.4) is 0 Å². The first-order chi connectivity index (χ1) is 31.9. The number of hydrogen-bond donors (Lipinski definition) is 19. The second-order valence-corrected chi connectivity index (χ2v) is 16.9. The molecule has 0 saturated carbocycles. The molecule has 0 aromatic heterocycles. The molecule has 31 heteroatoms. The fourth-order valence-electron chi connectivity index (χ4n) is 8.42. The van der Waals surface area contributed by atoms with Crippen molar-refractivity contribution in [3.63, 3.8) is 0 Å². The van der Waals surface area contributed by atoms with Gasteiger partial charge < -0.3 is 140 Å². The van der Waals surface area contributed by atoms with Gasteiger partial charge in [0.25, 0.3) is 5.79 Å². The second-order valence-electron chi connectivity index (χ2n) is 16.9. The maximum absolute atomic E-state index is 12.7. The highest BCUT2D eigenvalue weighted by Crippen LogP contribution is 2.37. The molecule has 68 heavy (non-hydrogen) atoms. The fraction of sp³-hybridized carbons (Fsp3) is 0.919. The van der Waals surface area contributed by atoms with Gasteiger partial charge in [0.1, 0.15) is 116 Å². The molecule has 19 N–H and O–H groups in total. The van der Waals surface area contributed by atoms with E-state index in [-0.39, 0.29) is 0 Å². The fourth-order valence-corrected chi connectivity index (χ4v) is 8.42. The molecule has 0 spiro atoms. The highest BCUT2D eigenvalue weighted by Gasteiger charge is 2.59. The van der Waals surface area contributed by atoms with Gasteiger partial charge in [-0.05, 0) is 0 Å². The van der Waals surface area contributed by atoms with Crippen molar-refractivity contribution in [2.75, 3.05) is 33.0 Å². The van der Waals surface area contributed by atoms with Crippen molar-refractivity contribution in [2.24, 2.45) is 0 Å². The molecule has 0 aliphatic carbocycles. The van der Waals surface area contributed by atoms with Crippen LogP contribution >= 0.6 is 0 Å². The minimum atomic E-state index is -2.98. The van der Waals surface area contributed by atoms with Gasteiger partial charge in [-0.3, -0.25) is 9.59 Å². The average Bonchev–Trinajstić information content (AvgIpc) is 3.29. The molecule has 394 valence electrons. The van der Waals surface area contributed by atoms with Crippen LogP contribution in [0, 0.1) is 0 Å². The summed E-state index contributed by atoms with van der Waals surface area (Å²) in [7, 11) is 0. The molecule has 5 heterocycles. The van der Waals surface area contributed by atoms with Gasteiger partial charge in [-0.25, -0.2) is 4.79 Å². The van der Waals surface area contributed by atoms with Crippen LogP contribution in [0.1, 0.15) is 20.3 Å². The third kappa shape index (κ3) is 12.0. The minimum absolute atomic E-state index is 0.782. The van der Waals surface area contributed by atoms with E-state index in [1.165, 1.54) is 0 Å². The average molecular weight is 999 g/mol. The van der Waals surface area contributed by atoms with E-state index < -0.39 is 216 Å². The van der Waals surface area contributed by atoms with Crippen LogP contribution in [0.4, 0.5) is 0 Å². The molecular formula is C37H62N2O29. The number of carboxylic acid groups (broad SMARTS) is 1. The molecule has 26 atom stereocenters. The zero-order valence-electron chi connectivity index (χ0n) is 36.2. The van der Waals surface area contributed by atoms with Crippen molar-refractivity contribution in [2.45, 2.75) is 179 Å². The summed E-state index contributed by atoms with van der Waals surface area (Å²) in [4.78, 5) is 37.3. The van der Waals surface area contributed by atoms with E-state index in [1.807, 2.05) is 0 Å². The van der Waals surface area contributed by atoms with Crippen LogP contribution in [0.25, 0.3) is 0 Å². The lowest BCUT2D eigenvalue weighted by molar-refractivity contribution is -0.381. The molecule has 5 rings (SSSR count). The first kappa shape index (κ1) is 56.3. The molecule has 0 aromatic rings. The Hall–Kier alpha value is -2.59. The Balaban J connectivity index is 1.39. The first-order valence-electron chi connectivity index (χ1n) is 21.2. The molecule has 5 aliphatic rings. The van der Waals surface area contributed by atoms with Crippen LogP contribution in [0.5, 0.6) is 0 Å². The number of carboxylic acids is 1. The SMILES string of the molecule is CC(=O)N[C@H]1[C@H](O[C@H]2[C@@H](O)[C@@H](CO)O[C@@H](O[C@H]3[C@H](O)[C@@H](O)[C@H](O)O[C@@H]3CO)[C@@H]2O)O[C@H](CO)[C@@H](O)[C@@H]1O[C@@H]1O[C@H](CO[C@]2(C(=O)O)C[C@H](O)[C@@H](NC(C)=O)[C@H]([C@H](O)[C@H](O)CO)O2)[C@H](O)[C@H](O)[C@H]1O. The Labute approximate surface area is 384 Å². The maximum Gasteiger partial charge on any atom is 0.364 e. The Kier molecular flexibility index (Phi) is 19.7. The smallest absolute Gasteiger partial charge is 0.364 e. The number of carbonyl (C=O) groups is 3. The molecule has 0 radical (unpaired) electrons. The minimum Gasteiger partial charge on any atom is -0.477 e. The summed E-state index contributed by atoms with van der Waals surface area (Å²) in [5.74, 6) is -6.62. The number of aliphatic carboxylic acids is 1. The highest BCUT2D eigenvalue weighted by atomic mass is 16.8. The van der Waals surface area contributed by atoms with Gasteiger partial charge in [0.2, 0.25) is 11.8 Å².